The second kappa shape index (κ2) is 7.02. The Bertz CT molecular complexity index is 416. The molecular formula is C17H26O2Si. The van der Waals surface area contributed by atoms with Gasteiger partial charge in [0.2, 0.25) is 0 Å². The van der Waals surface area contributed by atoms with Gasteiger partial charge in [-0.15, -0.1) is 13.2 Å². The first-order valence-corrected chi connectivity index (χ1v) is 8.47. The number of rotatable bonds is 8. The molecule has 0 saturated heterocycles. The summed E-state index contributed by atoms with van der Waals surface area (Å²) >= 11 is 0. The molecule has 1 aromatic carbocycles. The van der Waals surface area contributed by atoms with Crippen LogP contribution in [0.2, 0.25) is 0 Å². The van der Waals surface area contributed by atoms with Crippen molar-refractivity contribution in [3.63, 3.8) is 0 Å². The van der Waals surface area contributed by atoms with E-state index in [1.54, 1.807) is 0 Å². The van der Waals surface area contributed by atoms with Crippen molar-refractivity contribution >= 4 is 14.7 Å². The van der Waals surface area contributed by atoms with E-state index in [2.05, 4.69) is 37.4 Å². The van der Waals surface area contributed by atoms with Gasteiger partial charge in [0.15, 0.2) is 0 Å². The van der Waals surface area contributed by atoms with E-state index in [1.807, 2.05) is 45.9 Å². The second-order valence-electron chi connectivity index (χ2n) is 5.97. The lowest BCUT2D eigenvalue weighted by Crippen LogP contribution is -2.43. The molecule has 0 spiro atoms. The predicted octanol–water partition coefficient (Wildman–Crippen LogP) is 2.73. The first-order chi connectivity index (χ1) is 9.28. The summed E-state index contributed by atoms with van der Waals surface area (Å²) in [6.07, 6.45) is 3.62. The predicted molar refractivity (Wildman–Crippen MR) is 89.1 cm³/mol. The molecule has 0 aromatic heterocycles. The number of hydrogen-bond donors (Lipinski definition) is 0. The molecule has 0 atom stereocenters. The molecule has 0 saturated carbocycles. The molecule has 0 aliphatic carbocycles. The molecule has 0 fully saturated rings. The second-order valence-corrected chi connectivity index (χ2v) is 7.86. The standard InChI is InChI=1S/C17H26O2Si/c1-7-16(3,4)18-15(19-17(5,6)8-2)20-14-12-10-9-11-13-14/h7-13,15H,1-2,20H2,3-6H3. The quantitative estimate of drug-likeness (QED) is 0.416. The van der Waals surface area contributed by atoms with Crippen LogP contribution < -0.4 is 5.19 Å². The summed E-state index contributed by atoms with van der Waals surface area (Å²) in [6, 6.07) is 10.4. The van der Waals surface area contributed by atoms with Crippen molar-refractivity contribution in [2.45, 2.75) is 44.8 Å². The van der Waals surface area contributed by atoms with Crippen LogP contribution in [0.15, 0.2) is 55.6 Å². The van der Waals surface area contributed by atoms with Gasteiger partial charge in [-0.05, 0) is 27.7 Å². The van der Waals surface area contributed by atoms with Crippen LogP contribution in [0.1, 0.15) is 27.7 Å². The molecule has 0 bridgehead atoms. The normalized spacial score (nSPS) is 13.1. The van der Waals surface area contributed by atoms with Gasteiger partial charge in [0.05, 0.1) is 11.2 Å². The number of hydrogen-bond acceptors (Lipinski definition) is 2. The molecule has 0 unspecified atom stereocenters. The van der Waals surface area contributed by atoms with Crippen molar-refractivity contribution in [2.24, 2.45) is 0 Å². The van der Waals surface area contributed by atoms with Gasteiger partial charge in [-0.25, -0.2) is 0 Å². The van der Waals surface area contributed by atoms with E-state index in [-0.39, 0.29) is 5.91 Å². The van der Waals surface area contributed by atoms with Gasteiger partial charge < -0.3 is 9.47 Å². The highest BCUT2D eigenvalue weighted by molar-refractivity contribution is 6.54. The van der Waals surface area contributed by atoms with Gasteiger partial charge in [-0.1, -0.05) is 47.7 Å². The van der Waals surface area contributed by atoms with E-state index in [1.165, 1.54) is 5.19 Å². The third-order valence-electron chi connectivity index (χ3n) is 3.10. The topological polar surface area (TPSA) is 18.5 Å². The Morgan fingerprint density at radius 1 is 0.950 bits per heavy atom. The Kier molecular flexibility index (Phi) is 5.93. The van der Waals surface area contributed by atoms with Gasteiger partial charge in [-0.3, -0.25) is 0 Å². The van der Waals surface area contributed by atoms with Gasteiger partial charge in [0.25, 0.3) is 0 Å². The van der Waals surface area contributed by atoms with Crippen LogP contribution >= 0.6 is 0 Å². The lowest BCUT2D eigenvalue weighted by Gasteiger charge is -2.33. The zero-order valence-electron chi connectivity index (χ0n) is 13.1. The summed E-state index contributed by atoms with van der Waals surface area (Å²) < 4.78 is 12.2. The van der Waals surface area contributed by atoms with E-state index in [9.17, 15) is 0 Å². The van der Waals surface area contributed by atoms with Crippen LogP contribution in [0, 0.1) is 0 Å². The zero-order chi connectivity index (χ0) is 15.2. The fraction of sp³-hybridized carbons (Fsp3) is 0.412. The average Bonchev–Trinajstić information content (AvgIpc) is 2.39. The molecule has 20 heavy (non-hydrogen) atoms. The highest BCUT2D eigenvalue weighted by Crippen LogP contribution is 2.19. The SMILES string of the molecule is C=CC(C)(C)OC(OC(C)(C)C=C)[SiH2]c1ccccc1. The Balaban J connectivity index is 2.84. The summed E-state index contributed by atoms with van der Waals surface area (Å²) in [5.74, 6) is -0.210. The Labute approximate surface area is 125 Å². The average molecular weight is 290 g/mol. The Morgan fingerprint density at radius 2 is 1.40 bits per heavy atom. The highest BCUT2D eigenvalue weighted by Gasteiger charge is 2.26. The lowest BCUT2D eigenvalue weighted by atomic mass is 10.1. The van der Waals surface area contributed by atoms with E-state index < -0.39 is 20.7 Å². The maximum absolute atomic E-state index is 6.10. The number of ether oxygens (including phenoxy) is 2. The first kappa shape index (κ1) is 16.9. The molecule has 1 aromatic rings. The van der Waals surface area contributed by atoms with Crippen LogP contribution in [0.5, 0.6) is 0 Å². The lowest BCUT2D eigenvalue weighted by molar-refractivity contribution is -0.177. The van der Waals surface area contributed by atoms with E-state index in [4.69, 9.17) is 9.47 Å². The third kappa shape index (κ3) is 5.86. The van der Waals surface area contributed by atoms with Crippen molar-refractivity contribution in [1.82, 2.24) is 0 Å². The van der Waals surface area contributed by atoms with Gasteiger partial charge in [-0.2, -0.15) is 0 Å². The summed E-state index contributed by atoms with van der Waals surface area (Å²) in [7, 11) is -0.716. The van der Waals surface area contributed by atoms with Crippen LogP contribution in [-0.4, -0.2) is 26.6 Å². The minimum absolute atomic E-state index is 0.210. The molecule has 0 amide bonds. The first-order valence-electron chi connectivity index (χ1n) is 6.95. The van der Waals surface area contributed by atoms with Crippen molar-refractivity contribution in [2.75, 3.05) is 0 Å². The van der Waals surface area contributed by atoms with E-state index in [0.717, 1.165) is 0 Å². The van der Waals surface area contributed by atoms with Crippen LogP contribution in [0.4, 0.5) is 0 Å². The number of benzene rings is 1. The van der Waals surface area contributed by atoms with Crippen LogP contribution in [0.25, 0.3) is 0 Å². The van der Waals surface area contributed by atoms with Gasteiger partial charge in [0.1, 0.15) is 15.4 Å². The summed E-state index contributed by atoms with van der Waals surface area (Å²) in [6.45, 7) is 15.6. The summed E-state index contributed by atoms with van der Waals surface area (Å²) in [5.41, 5.74) is -0.798. The molecule has 2 nitrogen and oxygen atoms in total. The molecular weight excluding hydrogens is 264 g/mol. The van der Waals surface area contributed by atoms with Crippen LogP contribution in [-0.2, 0) is 9.47 Å². The molecule has 1 rings (SSSR count). The smallest absolute Gasteiger partial charge is 0.142 e. The fourth-order valence-corrected chi connectivity index (χ4v) is 3.64. The molecule has 0 aliphatic heterocycles. The Morgan fingerprint density at radius 3 is 1.80 bits per heavy atom. The van der Waals surface area contributed by atoms with E-state index in [0.29, 0.717) is 0 Å². The third-order valence-corrected chi connectivity index (χ3v) is 4.71. The molecule has 0 aliphatic rings. The highest BCUT2D eigenvalue weighted by atomic mass is 28.2. The molecule has 0 radical (unpaired) electrons. The summed E-state index contributed by atoms with van der Waals surface area (Å²) in [5, 5.41) is 1.32. The van der Waals surface area contributed by atoms with Gasteiger partial charge >= 0.3 is 0 Å². The molecule has 0 N–H and O–H groups in total. The van der Waals surface area contributed by atoms with Gasteiger partial charge in [0, 0.05) is 0 Å². The van der Waals surface area contributed by atoms with Crippen molar-refractivity contribution < 1.29 is 9.47 Å². The largest absolute Gasteiger partial charge is 0.347 e. The zero-order valence-corrected chi connectivity index (χ0v) is 14.5. The van der Waals surface area contributed by atoms with Crippen LogP contribution in [0.3, 0.4) is 0 Å². The van der Waals surface area contributed by atoms with Crippen molar-refractivity contribution in [1.29, 1.82) is 0 Å². The molecule has 110 valence electrons. The minimum atomic E-state index is -0.716. The maximum atomic E-state index is 6.10. The fourth-order valence-electron chi connectivity index (χ4n) is 1.69. The van der Waals surface area contributed by atoms with Crippen molar-refractivity contribution in [3.8, 4) is 0 Å². The van der Waals surface area contributed by atoms with Crippen molar-refractivity contribution in [3.05, 3.63) is 55.6 Å². The minimum Gasteiger partial charge on any atom is -0.347 e. The Hall–Kier alpha value is -1.16. The summed E-state index contributed by atoms with van der Waals surface area (Å²) in [4.78, 5) is 0. The molecule has 0 heterocycles. The molecule has 3 heteroatoms. The monoisotopic (exact) mass is 290 g/mol. The van der Waals surface area contributed by atoms with E-state index >= 15 is 0 Å². The maximum Gasteiger partial charge on any atom is 0.142 e.